The predicted octanol–water partition coefficient (Wildman–Crippen LogP) is -0.424. The number of carboxylic acid groups (broad SMARTS) is 1. The molecule has 0 aromatic heterocycles. The Hall–Kier alpha value is -2.08. The van der Waals surface area contributed by atoms with Crippen molar-refractivity contribution in [3.63, 3.8) is 0 Å². The first-order valence-corrected chi connectivity index (χ1v) is 4.51. The molecule has 0 radical (unpaired) electrons. The van der Waals surface area contributed by atoms with Crippen LogP contribution in [0, 0.1) is 0 Å². The van der Waals surface area contributed by atoms with Crippen molar-refractivity contribution in [2.24, 2.45) is 11.5 Å². The molecule has 0 saturated heterocycles. The van der Waals surface area contributed by atoms with Gasteiger partial charge in [0.15, 0.2) is 0 Å². The van der Waals surface area contributed by atoms with Crippen LogP contribution in [0.4, 0.5) is 0 Å². The molecule has 0 aliphatic carbocycles. The van der Waals surface area contributed by atoms with Gasteiger partial charge in [0.2, 0.25) is 5.91 Å². The number of nitrogens with two attached hydrogens (primary N) is 2. The van der Waals surface area contributed by atoms with Gasteiger partial charge in [-0.2, -0.15) is 0 Å². The van der Waals surface area contributed by atoms with Crippen LogP contribution in [-0.4, -0.2) is 29.6 Å². The van der Waals surface area contributed by atoms with Crippen molar-refractivity contribution in [3.05, 3.63) is 29.8 Å². The minimum Gasteiger partial charge on any atom is -0.491 e. The highest BCUT2D eigenvalue weighted by Crippen LogP contribution is 2.12. The van der Waals surface area contributed by atoms with Crippen molar-refractivity contribution in [3.8, 4) is 5.75 Å². The van der Waals surface area contributed by atoms with Crippen LogP contribution in [0.25, 0.3) is 0 Å². The van der Waals surface area contributed by atoms with E-state index < -0.39 is 17.9 Å². The molecule has 1 unspecified atom stereocenters. The second-order valence-corrected chi connectivity index (χ2v) is 3.15. The Morgan fingerprint density at radius 2 is 2.12 bits per heavy atom. The molecule has 0 spiro atoms. The molecule has 0 fully saturated rings. The molecular weight excluding hydrogens is 212 g/mol. The van der Waals surface area contributed by atoms with Gasteiger partial charge < -0.3 is 21.3 Å². The average Bonchev–Trinajstić information content (AvgIpc) is 2.26. The first kappa shape index (κ1) is 12.0. The molecule has 1 amide bonds. The highest BCUT2D eigenvalue weighted by atomic mass is 16.5. The average molecular weight is 224 g/mol. The lowest BCUT2D eigenvalue weighted by atomic mass is 10.2. The summed E-state index contributed by atoms with van der Waals surface area (Å²) in [5, 5.41) is 8.52. The van der Waals surface area contributed by atoms with Crippen molar-refractivity contribution in [1.29, 1.82) is 0 Å². The number of rotatable bonds is 5. The summed E-state index contributed by atoms with van der Waals surface area (Å²) in [6.07, 6.45) is 0. The maximum absolute atomic E-state index is 10.8. The number of ether oxygens (including phenoxy) is 1. The Labute approximate surface area is 91.8 Å². The molecular formula is C10H12N2O4. The smallest absolute Gasteiger partial charge is 0.324 e. The second-order valence-electron chi connectivity index (χ2n) is 3.15. The van der Waals surface area contributed by atoms with Crippen LogP contribution in [0.5, 0.6) is 5.75 Å². The number of benzene rings is 1. The Morgan fingerprint density at radius 3 is 2.69 bits per heavy atom. The van der Waals surface area contributed by atoms with E-state index in [1.54, 1.807) is 12.1 Å². The minimum atomic E-state index is -1.15. The largest absolute Gasteiger partial charge is 0.491 e. The summed E-state index contributed by atoms with van der Waals surface area (Å²) >= 11 is 0. The van der Waals surface area contributed by atoms with Crippen LogP contribution < -0.4 is 16.2 Å². The number of carboxylic acids is 1. The van der Waals surface area contributed by atoms with Crippen molar-refractivity contribution >= 4 is 11.9 Å². The fraction of sp³-hybridized carbons (Fsp3) is 0.200. The quantitative estimate of drug-likeness (QED) is 0.628. The van der Waals surface area contributed by atoms with Gasteiger partial charge in [-0.15, -0.1) is 0 Å². The molecule has 1 aromatic carbocycles. The third-order valence-corrected chi connectivity index (χ3v) is 1.87. The lowest BCUT2D eigenvalue weighted by molar-refractivity contribution is -0.139. The van der Waals surface area contributed by atoms with Crippen molar-refractivity contribution in [2.75, 3.05) is 6.61 Å². The Balaban J connectivity index is 2.64. The van der Waals surface area contributed by atoms with E-state index in [-0.39, 0.29) is 6.61 Å². The van der Waals surface area contributed by atoms with Crippen LogP contribution in [0.15, 0.2) is 24.3 Å². The van der Waals surface area contributed by atoms with Gasteiger partial charge >= 0.3 is 5.97 Å². The van der Waals surface area contributed by atoms with Gasteiger partial charge in [0.25, 0.3) is 0 Å². The van der Waals surface area contributed by atoms with Gasteiger partial charge in [-0.25, -0.2) is 0 Å². The van der Waals surface area contributed by atoms with Crippen LogP contribution in [0.1, 0.15) is 10.4 Å². The molecule has 0 aliphatic heterocycles. The van der Waals surface area contributed by atoms with Gasteiger partial charge in [-0.1, -0.05) is 6.07 Å². The molecule has 0 saturated carbocycles. The van der Waals surface area contributed by atoms with Gasteiger partial charge in [-0.05, 0) is 18.2 Å². The molecule has 1 aromatic rings. The lowest BCUT2D eigenvalue weighted by Gasteiger charge is -2.09. The summed E-state index contributed by atoms with van der Waals surface area (Å²) in [5.41, 5.74) is 10.6. The van der Waals surface area contributed by atoms with E-state index in [0.29, 0.717) is 11.3 Å². The van der Waals surface area contributed by atoms with E-state index in [1.165, 1.54) is 12.1 Å². The number of carbonyl (C=O) groups is 2. The fourth-order valence-corrected chi connectivity index (χ4v) is 0.996. The topological polar surface area (TPSA) is 116 Å². The molecule has 0 bridgehead atoms. The standard InChI is InChI=1S/C10H12N2O4/c11-8(10(14)15)5-16-7-3-1-2-6(4-7)9(12)13/h1-4,8H,5,11H2,(H2,12,13)(H,14,15). The maximum atomic E-state index is 10.8. The van der Waals surface area contributed by atoms with E-state index in [1.807, 2.05) is 0 Å². The van der Waals surface area contributed by atoms with Gasteiger partial charge in [0, 0.05) is 5.56 Å². The SMILES string of the molecule is NC(=O)c1cccc(OCC(N)C(=O)O)c1. The molecule has 16 heavy (non-hydrogen) atoms. The lowest BCUT2D eigenvalue weighted by Crippen LogP contribution is -2.36. The van der Waals surface area contributed by atoms with E-state index in [4.69, 9.17) is 21.3 Å². The first-order valence-electron chi connectivity index (χ1n) is 4.51. The Bertz CT molecular complexity index is 406. The molecule has 6 heteroatoms. The fourth-order valence-electron chi connectivity index (χ4n) is 0.996. The highest BCUT2D eigenvalue weighted by Gasteiger charge is 2.12. The number of hydrogen-bond donors (Lipinski definition) is 3. The Kier molecular flexibility index (Phi) is 3.84. The minimum absolute atomic E-state index is 0.169. The molecule has 5 N–H and O–H groups in total. The number of carbonyl (C=O) groups excluding carboxylic acids is 1. The number of aliphatic carboxylic acids is 1. The van der Waals surface area contributed by atoms with Gasteiger partial charge in [0.1, 0.15) is 18.4 Å². The maximum Gasteiger partial charge on any atom is 0.324 e. The summed E-state index contributed by atoms with van der Waals surface area (Å²) in [5.74, 6) is -1.37. The van der Waals surface area contributed by atoms with Crippen LogP contribution in [0.3, 0.4) is 0 Å². The first-order chi connectivity index (χ1) is 7.50. The summed E-state index contributed by atoms with van der Waals surface area (Å²) in [6.45, 7) is -0.169. The predicted molar refractivity (Wildman–Crippen MR) is 56.1 cm³/mol. The van der Waals surface area contributed by atoms with E-state index in [2.05, 4.69) is 0 Å². The van der Waals surface area contributed by atoms with Crippen molar-refractivity contribution in [1.82, 2.24) is 0 Å². The monoisotopic (exact) mass is 224 g/mol. The number of hydrogen-bond acceptors (Lipinski definition) is 4. The molecule has 6 nitrogen and oxygen atoms in total. The third kappa shape index (κ3) is 3.25. The van der Waals surface area contributed by atoms with Gasteiger partial charge in [0.05, 0.1) is 0 Å². The summed E-state index contributed by atoms with van der Waals surface area (Å²) in [7, 11) is 0. The normalized spacial score (nSPS) is 11.8. The van der Waals surface area contributed by atoms with Crippen LogP contribution in [-0.2, 0) is 4.79 Å². The van der Waals surface area contributed by atoms with Crippen LogP contribution in [0.2, 0.25) is 0 Å². The zero-order valence-electron chi connectivity index (χ0n) is 8.42. The van der Waals surface area contributed by atoms with Crippen molar-refractivity contribution in [2.45, 2.75) is 6.04 Å². The third-order valence-electron chi connectivity index (χ3n) is 1.87. The Morgan fingerprint density at radius 1 is 1.44 bits per heavy atom. The van der Waals surface area contributed by atoms with Crippen LogP contribution >= 0.6 is 0 Å². The van der Waals surface area contributed by atoms with E-state index in [0.717, 1.165) is 0 Å². The summed E-state index contributed by atoms with van der Waals surface area (Å²) in [6, 6.07) is 5.03. The van der Waals surface area contributed by atoms with Crippen molar-refractivity contribution < 1.29 is 19.4 Å². The summed E-state index contributed by atoms with van der Waals surface area (Å²) in [4.78, 5) is 21.3. The molecule has 1 rings (SSSR count). The molecule has 0 aliphatic rings. The molecule has 0 heterocycles. The van der Waals surface area contributed by atoms with E-state index >= 15 is 0 Å². The highest BCUT2D eigenvalue weighted by molar-refractivity contribution is 5.93. The molecule has 1 atom stereocenters. The second kappa shape index (κ2) is 5.13. The summed E-state index contributed by atoms with van der Waals surface area (Å²) < 4.78 is 5.11. The zero-order chi connectivity index (χ0) is 12.1. The number of primary amides is 1. The van der Waals surface area contributed by atoms with E-state index in [9.17, 15) is 9.59 Å². The zero-order valence-corrected chi connectivity index (χ0v) is 8.42. The molecule has 86 valence electrons. The number of amides is 1. The van der Waals surface area contributed by atoms with Gasteiger partial charge in [-0.3, -0.25) is 9.59 Å².